The van der Waals surface area contributed by atoms with Crippen molar-refractivity contribution in [2.45, 2.75) is 13.2 Å². The highest BCUT2D eigenvalue weighted by atomic mass is 79.9. The van der Waals surface area contributed by atoms with E-state index in [1.54, 1.807) is 18.2 Å². The molecule has 184 valence electrons. The van der Waals surface area contributed by atoms with Crippen molar-refractivity contribution in [2.24, 2.45) is 0 Å². The number of amides is 2. The van der Waals surface area contributed by atoms with E-state index < -0.39 is 16.1 Å². The van der Waals surface area contributed by atoms with E-state index in [2.05, 4.69) is 31.9 Å². The van der Waals surface area contributed by atoms with Crippen LogP contribution in [0, 0.1) is 10.1 Å². The summed E-state index contributed by atoms with van der Waals surface area (Å²) < 4.78 is 13.1. The molecule has 1 aliphatic rings. The van der Waals surface area contributed by atoms with Gasteiger partial charge in [0.1, 0.15) is 6.61 Å². The highest BCUT2D eigenvalue weighted by Gasteiger charge is 2.35. The number of rotatable bonds is 8. The molecule has 0 unspecified atom stereocenters. The summed E-state index contributed by atoms with van der Waals surface area (Å²) in [7, 11) is 1.52. The van der Waals surface area contributed by atoms with Crippen LogP contribution in [0.4, 0.5) is 10.5 Å². The summed E-state index contributed by atoms with van der Waals surface area (Å²) in [5, 5.41) is 10.4. The van der Waals surface area contributed by atoms with Gasteiger partial charge >= 0.3 is 0 Å². The highest BCUT2D eigenvalue weighted by Crippen LogP contribution is 2.39. The first kappa shape index (κ1) is 25.9. The number of nitrogens with zero attached hydrogens (tertiary/aromatic N) is 2. The molecular formula is C25H18Br2N2O6S. The van der Waals surface area contributed by atoms with Crippen molar-refractivity contribution in [1.82, 2.24) is 4.90 Å². The number of hydrogen-bond donors (Lipinski definition) is 0. The van der Waals surface area contributed by atoms with E-state index in [-0.39, 0.29) is 17.1 Å². The summed E-state index contributed by atoms with van der Waals surface area (Å²) in [5.41, 5.74) is 2.19. The zero-order valence-corrected chi connectivity index (χ0v) is 22.8. The van der Waals surface area contributed by atoms with E-state index >= 15 is 0 Å². The van der Waals surface area contributed by atoms with Crippen LogP contribution in [-0.2, 0) is 17.9 Å². The average molecular weight is 634 g/mol. The fraction of sp³-hybridized carbons (Fsp3) is 0.120. The Hall–Kier alpha value is -3.15. The standard InChI is InChI=1S/C25H18Br2N2O6S/c1-34-21-11-17(10-20(27)23(21)35-14-16-2-6-18(26)7-3-16)12-22-24(30)28(25(31)36-22)13-15-4-8-19(9-5-15)29(32)33/h2-12H,13-14H2,1H3/b22-12-. The SMILES string of the molecule is COc1cc(/C=C2\SC(=O)N(Cc3ccc([N+](=O)[O-])cc3)C2=O)cc(Br)c1OCc1ccc(Br)cc1. The molecule has 0 bridgehead atoms. The third-order valence-electron chi connectivity index (χ3n) is 5.21. The van der Waals surface area contributed by atoms with E-state index in [0.29, 0.717) is 33.7 Å². The number of ether oxygens (including phenoxy) is 2. The molecule has 0 aromatic heterocycles. The van der Waals surface area contributed by atoms with Crippen molar-refractivity contribution in [3.8, 4) is 11.5 Å². The lowest BCUT2D eigenvalue weighted by molar-refractivity contribution is -0.384. The van der Waals surface area contributed by atoms with Crippen LogP contribution in [0.5, 0.6) is 11.5 Å². The average Bonchev–Trinajstić information content (AvgIpc) is 3.11. The number of halogens is 2. The number of benzene rings is 3. The van der Waals surface area contributed by atoms with E-state index in [9.17, 15) is 19.7 Å². The summed E-state index contributed by atoms with van der Waals surface area (Å²) in [6, 6.07) is 17.0. The van der Waals surface area contributed by atoms with Gasteiger partial charge in [0.05, 0.1) is 28.0 Å². The van der Waals surface area contributed by atoms with Crippen molar-refractivity contribution in [3.63, 3.8) is 0 Å². The minimum atomic E-state index is -0.504. The van der Waals surface area contributed by atoms with Crippen LogP contribution in [-0.4, -0.2) is 28.1 Å². The molecule has 3 aromatic rings. The Bertz CT molecular complexity index is 1360. The number of non-ortho nitro benzene ring substituents is 1. The summed E-state index contributed by atoms with van der Waals surface area (Å²) in [6.07, 6.45) is 1.62. The van der Waals surface area contributed by atoms with Gasteiger partial charge in [0, 0.05) is 16.6 Å². The van der Waals surface area contributed by atoms with Crippen molar-refractivity contribution in [3.05, 3.63) is 101 Å². The second kappa shape index (κ2) is 11.3. The molecule has 0 spiro atoms. The fourth-order valence-electron chi connectivity index (χ4n) is 3.39. The first-order valence-electron chi connectivity index (χ1n) is 10.5. The second-order valence-electron chi connectivity index (χ2n) is 7.64. The van der Waals surface area contributed by atoms with E-state index in [1.165, 1.54) is 31.4 Å². The molecule has 0 N–H and O–H groups in total. The molecule has 1 heterocycles. The highest BCUT2D eigenvalue weighted by molar-refractivity contribution is 9.10. The third-order valence-corrected chi connectivity index (χ3v) is 7.23. The predicted molar refractivity (Wildman–Crippen MR) is 144 cm³/mol. The molecule has 0 aliphatic carbocycles. The summed E-state index contributed by atoms with van der Waals surface area (Å²) in [6.45, 7) is 0.360. The zero-order chi connectivity index (χ0) is 25.8. The lowest BCUT2D eigenvalue weighted by atomic mass is 10.1. The monoisotopic (exact) mass is 632 g/mol. The van der Waals surface area contributed by atoms with E-state index in [1.807, 2.05) is 24.3 Å². The summed E-state index contributed by atoms with van der Waals surface area (Å²) >= 11 is 7.76. The molecule has 2 amide bonds. The quantitative estimate of drug-likeness (QED) is 0.150. The van der Waals surface area contributed by atoms with Crippen molar-refractivity contribution in [1.29, 1.82) is 0 Å². The number of hydrogen-bond acceptors (Lipinski definition) is 7. The molecule has 1 aliphatic heterocycles. The van der Waals surface area contributed by atoms with Gasteiger partial charge < -0.3 is 9.47 Å². The molecule has 0 radical (unpaired) electrons. The van der Waals surface area contributed by atoms with Crippen molar-refractivity contribution in [2.75, 3.05) is 7.11 Å². The van der Waals surface area contributed by atoms with Gasteiger partial charge in [-0.25, -0.2) is 0 Å². The molecule has 36 heavy (non-hydrogen) atoms. The Kier molecular flexibility index (Phi) is 8.12. The van der Waals surface area contributed by atoms with Crippen molar-refractivity contribution < 1.29 is 24.0 Å². The third kappa shape index (κ3) is 5.97. The predicted octanol–water partition coefficient (Wildman–Crippen LogP) is 6.94. The maximum atomic E-state index is 12.9. The number of nitro benzene ring substituents is 1. The Balaban J connectivity index is 1.50. The molecule has 3 aromatic carbocycles. The largest absolute Gasteiger partial charge is 0.493 e. The number of nitro groups is 1. The Morgan fingerprint density at radius 2 is 1.69 bits per heavy atom. The molecule has 1 saturated heterocycles. The van der Waals surface area contributed by atoms with Crippen LogP contribution in [0.2, 0.25) is 0 Å². The maximum Gasteiger partial charge on any atom is 0.293 e. The Morgan fingerprint density at radius 3 is 2.33 bits per heavy atom. The van der Waals surface area contributed by atoms with Crippen molar-refractivity contribution >= 4 is 66.5 Å². The summed E-state index contributed by atoms with van der Waals surface area (Å²) in [5.74, 6) is 0.552. The van der Waals surface area contributed by atoms with Gasteiger partial charge in [-0.15, -0.1) is 0 Å². The topological polar surface area (TPSA) is 99.0 Å². The van der Waals surface area contributed by atoms with Crippen LogP contribution in [0.1, 0.15) is 16.7 Å². The van der Waals surface area contributed by atoms with E-state index in [0.717, 1.165) is 26.7 Å². The molecule has 8 nitrogen and oxygen atoms in total. The van der Waals surface area contributed by atoms with Gasteiger partial charge in [-0.3, -0.25) is 24.6 Å². The summed E-state index contributed by atoms with van der Waals surface area (Å²) in [4.78, 5) is 37.1. The number of carbonyl (C=O) groups is 2. The lowest BCUT2D eigenvalue weighted by Crippen LogP contribution is -2.27. The van der Waals surface area contributed by atoms with Gasteiger partial charge in [0.15, 0.2) is 11.5 Å². The van der Waals surface area contributed by atoms with Gasteiger partial charge in [-0.05, 0) is 74.7 Å². The second-order valence-corrected chi connectivity index (χ2v) is 10.4. The Morgan fingerprint density at radius 1 is 1.03 bits per heavy atom. The van der Waals surface area contributed by atoms with E-state index in [4.69, 9.17) is 9.47 Å². The van der Waals surface area contributed by atoms with Crippen LogP contribution in [0.3, 0.4) is 0 Å². The zero-order valence-electron chi connectivity index (χ0n) is 18.8. The molecule has 0 saturated carbocycles. The molecule has 1 fully saturated rings. The normalized spacial score (nSPS) is 14.4. The lowest BCUT2D eigenvalue weighted by Gasteiger charge is -2.14. The van der Waals surface area contributed by atoms with Gasteiger partial charge in [-0.1, -0.05) is 40.2 Å². The Labute approximate surface area is 227 Å². The molecule has 4 rings (SSSR count). The first-order valence-corrected chi connectivity index (χ1v) is 12.9. The van der Waals surface area contributed by atoms with Crippen LogP contribution in [0.15, 0.2) is 74.5 Å². The minimum Gasteiger partial charge on any atom is -0.493 e. The molecular weight excluding hydrogens is 616 g/mol. The fourth-order valence-corrected chi connectivity index (χ4v) is 5.07. The number of imide groups is 1. The number of methoxy groups -OCH3 is 1. The molecule has 0 atom stereocenters. The maximum absolute atomic E-state index is 12.9. The van der Waals surface area contributed by atoms with Gasteiger partial charge in [0.25, 0.3) is 16.8 Å². The smallest absolute Gasteiger partial charge is 0.293 e. The van der Waals surface area contributed by atoms with Crippen LogP contribution < -0.4 is 9.47 Å². The minimum absolute atomic E-state index is 0.0237. The van der Waals surface area contributed by atoms with Gasteiger partial charge in [-0.2, -0.15) is 0 Å². The van der Waals surface area contributed by atoms with Gasteiger partial charge in [0.2, 0.25) is 0 Å². The first-order chi connectivity index (χ1) is 17.2. The van der Waals surface area contributed by atoms with Crippen LogP contribution in [0.25, 0.3) is 6.08 Å². The number of carbonyl (C=O) groups excluding carboxylic acids is 2. The molecule has 11 heteroatoms. The van der Waals surface area contributed by atoms with Crippen LogP contribution >= 0.6 is 43.6 Å². The number of thioether (sulfide) groups is 1.